The van der Waals surface area contributed by atoms with Gasteiger partial charge >= 0.3 is 6.16 Å². The van der Waals surface area contributed by atoms with Gasteiger partial charge in [-0.2, -0.15) is 5.10 Å². The maximum absolute atomic E-state index is 11.9. The third-order valence-electron chi connectivity index (χ3n) is 4.03. The average Bonchev–Trinajstić information content (AvgIpc) is 3.36. The molecule has 2 heterocycles. The van der Waals surface area contributed by atoms with E-state index in [1.54, 1.807) is 59.5 Å². The highest BCUT2D eigenvalue weighted by Gasteiger charge is 2.39. The van der Waals surface area contributed by atoms with Gasteiger partial charge in [-0.15, -0.1) is 0 Å². The molecule has 1 aliphatic heterocycles. The summed E-state index contributed by atoms with van der Waals surface area (Å²) in [7, 11) is 0. The molecule has 1 aromatic heterocycles. The number of rotatable bonds is 5. The van der Waals surface area contributed by atoms with Gasteiger partial charge in [-0.25, -0.2) is 14.5 Å². The van der Waals surface area contributed by atoms with Crippen molar-refractivity contribution in [2.24, 2.45) is 0 Å². The molecule has 27 heavy (non-hydrogen) atoms. The van der Waals surface area contributed by atoms with E-state index in [4.69, 9.17) is 18.9 Å². The van der Waals surface area contributed by atoms with Crippen molar-refractivity contribution < 1.29 is 23.7 Å². The van der Waals surface area contributed by atoms with Crippen molar-refractivity contribution in [3.63, 3.8) is 0 Å². The van der Waals surface area contributed by atoms with Crippen LogP contribution in [-0.4, -0.2) is 34.1 Å². The Bertz CT molecular complexity index is 875. The molecular formula is C19H17N3O5. The van der Waals surface area contributed by atoms with Gasteiger partial charge in [-0.05, 0) is 36.4 Å². The molecule has 0 unspecified atom stereocenters. The minimum absolute atomic E-state index is 0.355. The number of carbonyl (C=O) groups excluding carboxylic acids is 1. The maximum Gasteiger partial charge on any atom is 0.519 e. The summed E-state index contributed by atoms with van der Waals surface area (Å²) in [5.41, 5.74) is 0.791. The summed E-state index contributed by atoms with van der Waals surface area (Å²) in [6, 6.07) is 15.6. The molecule has 1 fully saturated rings. The van der Waals surface area contributed by atoms with E-state index < -0.39 is 11.9 Å². The number of para-hydroxylation sites is 1. The second-order valence-corrected chi connectivity index (χ2v) is 5.83. The number of hydrogen-bond acceptors (Lipinski definition) is 7. The topological polar surface area (TPSA) is 84.7 Å². The van der Waals surface area contributed by atoms with Gasteiger partial charge in [0.25, 0.3) is 0 Å². The minimum atomic E-state index is -0.948. The summed E-state index contributed by atoms with van der Waals surface area (Å²) >= 11 is 0. The zero-order chi connectivity index (χ0) is 18.5. The van der Waals surface area contributed by atoms with Crippen LogP contribution in [0.4, 0.5) is 4.79 Å². The zero-order valence-electron chi connectivity index (χ0n) is 14.4. The molecule has 0 saturated carbocycles. The summed E-state index contributed by atoms with van der Waals surface area (Å²) in [6.07, 6.45) is 2.25. The summed E-state index contributed by atoms with van der Waals surface area (Å²) in [5, 5.41) is 4.11. The Labute approximate surface area is 155 Å². The van der Waals surface area contributed by atoms with Gasteiger partial charge in [0.05, 0.1) is 13.2 Å². The molecule has 0 bridgehead atoms. The largest absolute Gasteiger partial charge is 0.519 e. The van der Waals surface area contributed by atoms with Crippen LogP contribution in [0.2, 0.25) is 0 Å². The first-order valence-electron chi connectivity index (χ1n) is 8.39. The standard InChI is InChI=1S/C19H17N3O5/c23-18(26-16-4-2-1-3-5-16)27-17-8-6-15(7-9-17)19(24-10-11-25-19)12-22-14-20-13-21-22/h1-9,13-14H,10-12H2. The maximum atomic E-state index is 11.9. The number of carbonyl (C=O) groups is 1. The van der Waals surface area contributed by atoms with Crippen molar-refractivity contribution in [2.75, 3.05) is 13.2 Å². The van der Waals surface area contributed by atoms with Gasteiger partial charge in [0.2, 0.25) is 5.79 Å². The second kappa shape index (κ2) is 7.56. The first-order valence-corrected chi connectivity index (χ1v) is 8.39. The van der Waals surface area contributed by atoms with Crippen LogP contribution in [0.3, 0.4) is 0 Å². The first kappa shape index (κ1) is 17.2. The van der Waals surface area contributed by atoms with Gasteiger partial charge in [0.15, 0.2) is 0 Å². The van der Waals surface area contributed by atoms with E-state index in [9.17, 15) is 4.79 Å². The fourth-order valence-corrected chi connectivity index (χ4v) is 2.81. The molecule has 8 nitrogen and oxygen atoms in total. The molecule has 1 saturated heterocycles. The highest BCUT2D eigenvalue weighted by molar-refractivity contribution is 5.67. The number of benzene rings is 2. The Morgan fingerprint density at radius 3 is 2.30 bits per heavy atom. The molecule has 4 rings (SSSR count). The van der Waals surface area contributed by atoms with Crippen molar-refractivity contribution in [1.29, 1.82) is 0 Å². The van der Waals surface area contributed by atoms with Gasteiger partial charge in [0.1, 0.15) is 30.7 Å². The second-order valence-electron chi connectivity index (χ2n) is 5.83. The Kier molecular flexibility index (Phi) is 4.82. The SMILES string of the molecule is O=C(Oc1ccccc1)Oc1ccc(C2(Cn3cncn3)OCCO2)cc1. The third kappa shape index (κ3) is 3.97. The Balaban J connectivity index is 1.45. The molecule has 0 atom stereocenters. The molecular weight excluding hydrogens is 350 g/mol. The van der Waals surface area contributed by atoms with E-state index in [1.807, 2.05) is 6.07 Å². The first-order chi connectivity index (χ1) is 13.2. The fraction of sp³-hybridized carbons (Fsp3) is 0.211. The van der Waals surface area contributed by atoms with Crippen molar-refractivity contribution in [2.45, 2.75) is 12.3 Å². The van der Waals surface area contributed by atoms with Crippen LogP contribution < -0.4 is 9.47 Å². The van der Waals surface area contributed by atoms with E-state index in [0.717, 1.165) is 5.56 Å². The lowest BCUT2D eigenvalue weighted by Gasteiger charge is -2.27. The van der Waals surface area contributed by atoms with E-state index >= 15 is 0 Å². The zero-order valence-corrected chi connectivity index (χ0v) is 14.4. The van der Waals surface area contributed by atoms with Gasteiger partial charge < -0.3 is 18.9 Å². The summed E-state index contributed by atoms with van der Waals surface area (Å²) < 4.78 is 23.7. The smallest absolute Gasteiger partial charge is 0.395 e. The van der Waals surface area contributed by atoms with Gasteiger partial charge in [0, 0.05) is 5.56 Å². The lowest BCUT2D eigenvalue weighted by molar-refractivity contribution is -0.177. The number of aromatic nitrogens is 3. The molecule has 2 aromatic carbocycles. The van der Waals surface area contributed by atoms with Crippen molar-refractivity contribution >= 4 is 6.16 Å². The van der Waals surface area contributed by atoms with Gasteiger partial charge in [-0.3, -0.25) is 0 Å². The van der Waals surface area contributed by atoms with Crippen LogP contribution in [0.5, 0.6) is 11.5 Å². The molecule has 0 amide bonds. The number of ether oxygens (including phenoxy) is 4. The summed E-state index contributed by atoms with van der Waals surface area (Å²) in [4.78, 5) is 15.8. The van der Waals surface area contributed by atoms with E-state index in [0.29, 0.717) is 31.3 Å². The molecule has 138 valence electrons. The van der Waals surface area contributed by atoms with Crippen molar-refractivity contribution in [3.05, 3.63) is 72.8 Å². The number of hydrogen-bond donors (Lipinski definition) is 0. The van der Waals surface area contributed by atoms with Crippen LogP contribution in [0.25, 0.3) is 0 Å². The van der Waals surface area contributed by atoms with Gasteiger partial charge in [-0.1, -0.05) is 18.2 Å². The molecule has 0 radical (unpaired) electrons. The van der Waals surface area contributed by atoms with Crippen LogP contribution in [0.15, 0.2) is 67.3 Å². The molecule has 0 aliphatic carbocycles. The third-order valence-corrected chi connectivity index (χ3v) is 4.03. The quantitative estimate of drug-likeness (QED) is 0.506. The van der Waals surface area contributed by atoms with Crippen LogP contribution in [-0.2, 0) is 21.8 Å². The van der Waals surface area contributed by atoms with Crippen LogP contribution >= 0.6 is 0 Å². The predicted molar refractivity (Wildman–Crippen MR) is 93.1 cm³/mol. The van der Waals surface area contributed by atoms with E-state index in [1.165, 1.54) is 6.33 Å². The highest BCUT2D eigenvalue weighted by atomic mass is 16.7. The molecule has 1 aliphatic rings. The predicted octanol–water partition coefficient (Wildman–Crippen LogP) is 2.76. The molecule has 0 spiro atoms. The number of nitrogens with zero attached hydrogens (tertiary/aromatic N) is 3. The van der Waals surface area contributed by atoms with E-state index in [-0.39, 0.29) is 0 Å². The summed E-state index contributed by atoms with van der Waals surface area (Å²) in [6.45, 7) is 1.33. The normalized spacial score (nSPS) is 15.4. The molecule has 3 aromatic rings. The van der Waals surface area contributed by atoms with Crippen molar-refractivity contribution in [1.82, 2.24) is 14.8 Å². The van der Waals surface area contributed by atoms with Crippen LogP contribution in [0.1, 0.15) is 5.56 Å². The fourth-order valence-electron chi connectivity index (χ4n) is 2.81. The monoisotopic (exact) mass is 367 g/mol. The Morgan fingerprint density at radius 1 is 1.00 bits per heavy atom. The minimum Gasteiger partial charge on any atom is -0.395 e. The Hall–Kier alpha value is -3.23. The lowest BCUT2D eigenvalue weighted by Crippen LogP contribution is -2.33. The molecule has 0 N–H and O–H groups in total. The average molecular weight is 367 g/mol. The van der Waals surface area contributed by atoms with Crippen LogP contribution in [0, 0.1) is 0 Å². The highest BCUT2D eigenvalue weighted by Crippen LogP contribution is 2.34. The molecule has 8 heteroatoms. The lowest BCUT2D eigenvalue weighted by atomic mass is 10.1. The van der Waals surface area contributed by atoms with E-state index in [2.05, 4.69) is 10.1 Å². The van der Waals surface area contributed by atoms with Crippen molar-refractivity contribution in [3.8, 4) is 11.5 Å². The Morgan fingerprint density at radius 2 is 1.67 bits per heavy atom. The summed E-state index contributed by atoms with van der Waals surface area (Å²) in [5.74, 6) is -0.177.